The molecule has 31 heavy (non-hydrogen) atoms. The van der Waals surface area contributed by atoms with Crippen LogP contribution in [0, 0.1) is 0 Å². The largest absolute Gasteiger partial charge is 0.312 e. The Morgan fingerprint density at radius 1 is 0.935 bits per heavy atom. The van der Waals surface area contributed by atoms with Crippen LogP contribution in [0.25, 0.3) is 0 Å². The second-order valence-corrected chi connectivity index (χ2v) is 10.7. The Morgan fingerprint density at radius 3 is 2.35 bits per heavy atom. The van der Waals surface area contributed by atoms with Crippen LogP contribution in [0.4, 0.5) is 11.4 Å². The van der Waals surface area contributed by atoms with Crippen LogP contribution in [0.1, 0.15) is 29.7 Å². The molecule has 1 amide bonds. The van der Waals surface area contributed by atoms with Gasteiger partial charge in [-0.3, -0.25) is 14.0 Å². The Kier molecular flexibility index (Phi) is 4.84. The van der Waals surface area contributed by atoms with Crippen molar-refractivity contribution in [2.45, 2.75) is 24.3 Å². The van der Waals surface area contributed by atoms with Gasteiger partial charge in [0.05, 0.1) is 16.6 Å². The first-order valence-electron chi connectivity index (χ1n) is 10.7. The minimum Gasteiger partial charge on any atom is -0.312 e. The monoisotopic (exact) mass is 440 g/mol. The molecule has 164 valence electrons. The molecule has 1 fully saturated rings. The van der Waals surface area contributed by atoms with Crippen molar-refractivity contribution in [2.24, 2.45) is 0 Å². The van der Waals surface area contributed by atoms with E-state index >= 15 is 0 Å². The Hall–Kier alpha value is -2.42. The van der Waals surface area contributed by atoms with Gasteiger partial charge < -0.3 is 9.80 Å². The molecule has 0 aromatic heterocycles. The lowest BCUT2D eigenvalue weighted by Crippen LogP contribution is -2.46. The van der Waals surface area contributed by atoms with Crippen molar-refractivity contribution in [3.05, 3.63) is 53.1 Å². The first-order chi connectivity index (χ1) is 14.8. The maximum Gasteiger partial charge on any atom is 0.264 e. The molecule has 2 aromatic carbocycles. The van der Waals surface area contributed by atoms with Crippen LogP contribution < -0.4 is 9.21 Å². The molecule has 3 aliphatic heterocycles. The molecule has 0 saturated carbocycles. The zero-order valence-electron chi connectivity index (χ0n) is 18.2. The van der Waals surface area contributed by atoms with Gasteiger partial charge in [0.25, 0.3) is 10.0 Å². The highest BCUT2D eigenvalue weighted by Gasteiger charge is 2.39. The second-order valence-electron chi connectivity index (χ2n) is 8.71. The fraction of sp³-hybridized carbons (Fsp3) is 0.435. The average molecular weight is 441 g/mol. The van der Waals surface area contributed by atoms with Gasteiger partial charge >= 0.3 is 0 Å². The lowest BCUT2D eigenvalue weighted by Gasteiger charge is -2.39. The van der Waals surface area contributed by atoms with E-state index in [4.69, 9.17) is 0 Å². The van der Waals surface area contributed by atoms with Gasteiger partial charge in [0.15, 0.2) is 0 Å². The maximum atomic E-state index is 13.6. The summed E-state index contributed by atoms with van der Waals surface area (Å²) < 4.78 is 28.6. The van der Waals surface area contributed by atoms with Crippen LogP contribution in [0.5, 0.6) is 0 Å². The number of nitrogens with zero attached hydrogens (tertiary/aromatic N) is 4. The van der Waals surface area contributed by atoms with Gasteiger partial charge in [-0.1, -0.05) is 18.2 Å². The number of fused-ring (bicyclic) bond motifs is 3. The smallest absolute Gasteiger partial charge is 0.264 e. The highest BCUT2D eigenvalue weighted by Crippen LogP contribution is 2.46. The fourth-order valence-electron chi connectivity index (χ4n) is 5.12. The van der Waals surface area contributed by atoms with E-state index in [1.54, 1.807) is 31.0 Å². The quantitative estimate of drug-likeness (QED) is 0.679. The zero-order chi connectivity index (χ0) is 21.9. The molecule has 1 atom stereocenters. The molecule has 0 N–H and O–H groups in total. The molecule has 3 aliphatic rings. The molecule has 0 bridgehead atoms. The van der Waals surface area contributed by atoms with Gasteiger partial charge in [0, 0.05) is 52.4 Å². The lowest BCUT2D eigenvalue weighted by atomic mass is 9.92. The average Bonchev–Trinajstić information content (AvgIpc) is 3.15. The minimum absolute atomic E-state index is 0.0169. The summed E-state index contributed by atoms with van der Waals surface area (Å²) in [5.41, 5.74) is 4.44. The summed E-state index contributed by atoms with van der Waals surface area (Å²) in [5.74, 6) is -0.0169. The number of likely N-dealkylation sites (N-methyl/N-ethyl adjacent to an activating group) is 1. The number of hydrogen-bond donors (Lipinski definition) is 0. The second kappa shape index (κ2) is 7.32. The predicted octanol–water partition coefficient (Wildman–Crippen LogP) is 2.07. The molecule has 1 unspecified atom stereocenters. The molecule has 8 heteroatoms. The van der Waals surface area contributed by atoms with Crippen LogP contribution in [-0.4, -0.2) is 70.9 Å². The van der Waals surface area contributed by atoms with Crippen LogP contribution in [0.15, 0.2) is 41.3 Å². The van der Waals surface area contributed by atoms with E-state index in [2.05, 4.69) is 22.9 Å². The highest BCUT2D eigenvalue weighted by molar-refractivity contribution is 7.92. The van der Waals surface area contributed by atoms with E-state index < -0.39 is 10.0 Å². The van der Waals surface area contributed by atoms with Gasteiger partial charge in [-0.05, 0) is 48.4 Å². The normalized spacial score (nSPS) is 23.1. The number of anilines is 2. The van der Waals surface area contributed by atoms with Gasteiger partial charge in [0.2, 0.25) is 5.91 Å². The Balaban J connectivity index is 1.76. The van der Waals surface area contributed by atoms with E-state index in [9.17, 15) is 13.2 Å². The molecule has 2 aromatic rings. The Morgan fingerprint density at radius 2 is 1.65 bits per heavy atom. The standard InChI is InChI=1S/C23H28N4O3S/c1-16(28)27-9-8-17-14-19-21(15-20(17)27)25(3)31(29,30)22-7-5-4-6-18(22)23(19)26-12-10-24(2)11-13-26/h4-7,14-15,23H,8-13H2,1-3H3. The first kappa shape index (κ1) is 20.5. The number of benzene rings is 2. The number of carbonyl (C=O) groups is 1. The van der Waals surface area contributed by atoms with E-state index in [1.807, 2.05) is 18.2 Å². The Labute approximate surface area is 183 Å². The summed E-state index contributed by atoms with van der Waals surface area (Å²) in [7, 11) is 0.0253. The van der Waals surface area contributed by atoms with Crippen LogP contribution in [0.3, 0.4) is 0 Å². The van der Waals surface area contributed by atoms with Crippen molar-refractivity contribution in [1.82, 2.24) is 9.80 Å². The lowest BCUT2D eigenvalue weighted by molar-refractivity contribution is -0.116. The SMILES string of the molecule is CC(=O)N1CCc2cc3c(cc21)N(C)S(=O)(=O)c1ccccc1C3N1CCN(C)CC1. The summed E-state index contributed by atoms with van der Waals surface area (Å²) in [6.07, 6.45) is 0.787. The van der Waals surface area contributed by atoms with Crippen molar-refractivity contribution in [1.29, 1.82) is 0 Å². The molecule has 5 rings (SSSR count). The number of rotatable bonds is 1. The van der Waals surface area contributed by atoms with Gasteiger partial charge in [-0.2, -0.15) is 0 Å². The summed E-state index contributed by atoms with van der Waals surface area (Å²) in [6, 6.07) is 11.3. The van der Waals surface area contributed by atoms with Crippen molar-refractivity contribution < 1.29 is 13.2 Å². The molecule has 0 aliphatic carbocycles. The summed E-state index contributed by atoms with van der Waals surface area (Å²) >= 11 is 0. The zero-order valence-corrected chi connectivity index (χ0v) is 19.0. The summed E-state index contributed by atoms with van der Waals surface area (Å²) in [4.78, 5) is 19.0. The highest BCUT2D eigenvalue weighted by atomic mass is 32.2. The van der Waals surface area contributed by atoms with Crippen LogP contribution in [-0.2, 0) is 21.2 Å². The van der Waals surface area contributed by atoms with E-state index in [0.29, 0.717) is 17.1 Å². The van der Waals surface area contributed by atoms with Gasteiger partial charge in [-0.15, -0.1) is 0 Å². The molecule has 0 radical (unpaired) electrons. The van der Waals surface area contributed by atoms with E-state index in [0.717, 1.165) is 55.0 Å². The third-order valence-corrected chi connectivity index (χ3v) is 8.74. The number of amides is 1. The number of carbonyl (C=O) groups excluding carboxylic acids is 1. The molecule has 7 nitrogen and oxygen atoms in total. The number of piperazine rings is 1. The van der Waals surface area contributed by atoms with Crippen LogP contribution in [0.2, 0.25) is 0 Å². The predicted molar refractivity (Wildman–Crippen MR) is 121 cm³/mol. The molecule has 1 saturated heterocycles. The topological polar surface area (TPSA) is 64.2 Å². The van der Waals surface area contributed by atoms with E-state index in [-0.39, 0.29) is 11.9 Å². The maximum absolute atomic E-state index is 13.6. The number of sulfonamides is 1. The fourth-order valence-corrected chi connectivity index (χ4v) is 6.56. The van der Waals surface area contributed by atoms with Gasteiger partial charge in [0.1, 0.15) is 0 Å². The van der Waals surface area contributed by atoms with E-state index in [1.165, 1.54) is 4.31 Å². The third kappa shape index (κ3) is 3.16. The summed E-state index contributed by atoms with van der Waals surface area (Å²) in [5, 5.41) is 0. The molecular formula is C23H28N4O3S. The third-order valence-electron chi connectivity index (χ3n) is 6.89. The van der Waals surface area contributed by atoms with Crippen molar-refractivity contribution in [3.63, 3.8) is 0 Å². The van der Waals surface area contributed by atoms with Crippen molar-refractivity contribution in [3.8, 4) is 0 Å². The van der Waals surface area contributed by atoms with Gasteiger partial charge in [-0.25, -0.2) is 8.42 Å². The van der Waals surface area contributed by atoms with Crippen molar-refractivity contribution in [2.75, 3.05) is 56.0 Å². The molecule has 0 spiro atoms. The summed E-state index contributed by atoms with van der Waals surface area (Å²) in [6.45, 7) is 5.83. The number of hydrogen-bond acceptors (Lipinski definition) is 5. The minimum atomic E-state index is -3.72. The first-order valence-corrected chi connectivity index (χ1v) is 12.2. The van der Waals surface area contributed by atoms with Crippen LogP contribution >= 0.6 is 0 Å². The Bertz CT molecular complexity index is 1160. The molecule has 3 heterocycles. The molecular weight excluding hydrogens is 412 g/mol. The van der Waals surface area contributed by atoms with Crippen molar-refractivity contribution >= 4 is 27.3 Å².